The Kier molecular flexibility index (Phi) is 5.67. The molecule has 0 spiro atoms. The Hall–Kier alpha value is -3.75. The molecule has 2 aliphatic rings. The van der Waals surface area contributed by atoms with Gasteiger partial charge in [-0.1, -0.05) is 36.4 Å². The Morgan fingerprint density at radius 3 is 2.49 bits per heavy atom. The molecule has 0 radical (unpaired) electrons. The molecule has 2 aliphatic heterocycles. The van der Waals surface area contributed by atoms with Crippen molar-refractivity contribution in [2.75, 3.05) is 31.1 Å². The smallest absolute Gasteiger partial charge is 0.264 e. The van der Waals surface area contributed by atoms with Crippen LogP contribution in [-0.2, 0) is 13.1 Å². The molecule has 7 nitrogen and oxygen atoms in total. The first-order valence-electron chi connectivity index (χ1n) is 11.6. The molecular formula is C27H24N4O3S. The minimum Gasteiger partial charge on any atom is -0.472 e. The number of amides is 2. The number of carbonyl (C=O) groups excluding carboxylic acids is 2. The van der Waals surface area contributed by atoms with Gasteiger partial charge in [-0.15, -0.1) is 11.3 Å². The number of imide groups is 1. The maximum Gasteiger partial charge on any atom is 0.264 e. The van der Waals surface area contributed by atoms with E-state index in [1.807, 2.05) is 53.9 Å². The summed E-state index contributed by atoms with van der Waals surface area (Å²) in [6, 6.07) is 17.5. The van der Waals surface area contributed by atoms with Gasteiger partial charge in [0.05, 0.1) is 41.6 Å². The van der Waals surface area contributed by atoms with E-state index >= 15 is 0 Å². The average molecular weight is 485 g/mol. The zero-order valence-corrected chi connectivity index (χ0v) is 19.9. The lowest BCUT2D eigenvalue weighted by atomic mass is 10.1. The van der Waals surface area contributed by atoms with Crippen LogP contribution in [0.5, 0.6) is 0 Å². The number of furan rings is 1. The van der Waals surface area contributed by atoms with Gasteiger partial charge in [0.15, 0.2) is 0 Å². The molecule has 0 saturated carbocycles. The van der Waals surface area contributed by atoms with Gasteiger partial charge in [-0.3, -0.25) is 19.4 Å². The number of anilines is 1. The quantitative estimate of drug-likeness (QED) is 0.375. The van der Waals surface area contributed by atoms with Gasteiger partial charge in [0, 0.05) is 49.2 Å². The van der Waals surface area contributed by atoms with Gasteiger partial charge < -0.3 is 9.32 Å². The standard InChI is InChI=1S/C27H24N4O3S/c32-26-21-7-4-8-23(30-12-10-29(11-13-30)15-19-9-14-34-17-19)25(21)27(33)31(26)16-24-28-22(18-35-24)20-5-2-1-3-6-20/h1-9,14,17-18H,10-13,15-16H2. The van der Waals surface area contributed by atoms with Crippen LogP contribution in [0.2, 0.25) is 0 Å². The van der Waals surface area contributed by atoms with Crippen molar-refractivity contribution in [1.82, 2.24) is 14.8 Å². The van der Waals surface area contributed by atoms with E-state index in [-0.39, 0.29) is 18.4 Å². The van der Waals surface area contributed by atoms with Crippen molar-refractivity contribution < 1.29 is 14.0 Å². The second-order valence-corrected chi connectivity index (χ2v) is 9.73. The van der Waals surface area contributed by atoms with Crippen LogP contribution in [0.4, 0.5) is 5.69 Å². The molecule has 0 aliphatic carbocycles. The Morgan fingerprint density at radius 2 is 1.71 bits per heavy atom. The molecule has 176 valence electrons. The topological polar surface area (TPSA) is 69.9 Å². The summed E-state index contributed by atoms with van der Waals surface area (Å²) in [6.45, 7) is 4.37. The van der Waals surface area contributed by atoms with Crippen LogP contribution in [0.15, 0.2) is 76.9 Å². The molecular weight excluding hydrogens is 460 g/mol. The Labute approximate surface area is 207 Å². The number of thiazole rings is 1. The summed E-state index contributed by atoms with van der Waals surface area (Å²) in [5, 5.41) is 2.71. The fraction of sp³-hybridized carbons (Fsp3) is 0.222. The van der Waals surface area contributed by atoms with Crippen molar-refractivity contribution in [3.63, 3.8) is 0 Å². The molecule has 1 fully saturated rings. The summed E-state index contributed by atoms with van der Waals surface area (Å²) in [7, 11) is 0. The maximum atomic E-state index is 13.5. The summed E-state index contributed by atoms with van der Waals surface area (Å²) < 4.78 is 5.18. The summed E-state index contributed by atoms with van der Waals surface area (Å²) in [5.41, 5.74) is 4.88. The molecule has 1 saturated heterocycles. The Balaban J connectivity index is 1.18. The molecule has 0 N–H and O–H groups in total. The lowest BCUT2D eigenvalue weighted by Gasteiger charge is -2.36. The first-order chi connectivity index (χ1) is 17.2. The maximum absolute atomic E-state index is 13.5. The molecule has 4 aromatic rings. The number of hydrogen-bond acceptors (Lipinski definition) is 7. The van der Waals surface area contributed by atoms with Gasteiger partial charge >= 0.3 is 0 Å². The summed E-state index contributed by atoms with van der Waals surface area (Å²) >= 11 is 1.47. The summed E-state index contributed by atoms with van der Waals surface area (Å²) in [6.07, 6.45) is 3.47. The zero-order valence-electron chi connectivity index (χ0n) is 19.1. The van der Waals surface area contributed by atoms with Crippen molar-refractivity contribution in [3.8, 4) is 11.3 Å². The van der Waals surface area contributed by atoms with Crippen LogP contribution in [0, 0.1) is 0 Å². The highest BCUT2D eigenvalue weighted by molar-refractivity contribution is 7.10. The van der Waals surface area contributed by atoms with E-state index in [4.69, 9.17) is 4.42 Å². The first kappa shape index (κ1) is 21.8. The van der Waals surface area contributed by atoms with Crippen molar-refractivity contribution >= 4 is 28.8 Å². The third-order valence-corrected chi connectivity index (χ3v) is 7.42. The molecule has 6 rings (SSSR count). The van der Waals surface area contributed by atoms with E-state index in [9.17, 15) is 9.59 Å². The van der Waals surface area contributed by atoms with E-state index in [0.717, 1.165) is 60.2 Å². The highest BCUT2D eigenvalue weighted by atomic mass is 32.1. The van der Waals surface area contributed by atoms with Gasteiger partial charge in [0.2, 0.25) is 0 Å². The third-order valence-electron chi connectivity index (χ3n) is 6.59. The molecule has 0 bridgehead atoms. The lowest BCUT2D eigenvalue weighted by Crippen LogP contribution is -2.46. The number of carbonyl (C=O) groups is 2. The monoisotopic (exact) mass is 484 g/mol. The normalized spacial score (nSPS) is 16.2. The third kappa shape index (κ3) is 4.15. The van der Waals surface area contributed by atoms with Crippen LogP contribution in [-0.4, -0.2) is 52.8 Å². The number of fused-ring (bicyclic) bond motifs is 1. The van der Waals surface area contributed by atoms with Crippen LogP contribution in [0.1, 0.15) is 31.3 Å². The SMILES string of the molecule is O=C1c2cccc(N3CCN(Cc4ccoc4)CC3)c2C(=O)N1Cc1nc(-c2ccccc2)cs1. The van der Waals surface area contributed by atoms with E-state index in [2.05, 4.69) is 14.8 Å². The minimum absolute atomic E-state index is 0.182. The Bertz CT molecular complexity index is 1360. The minimum atomic E-state index is -0.248. The predicted molar refractivity (Wildman–Crippen MR) is 134 cm³/mol. The molecule has 2 amide bonds. The lowest BCUT2D eigenvalue weighted by molar-refractivity contribution is 0.0642. The van der Waals surface area contributed by atoms with Gasteiger partial charge in [-0.2, -0.15) is 0 Å². The first-order valence-corrected chi connectivity index (χ1v) is 12.5. The molecule has 0 atom stereocenters. The largest absolute Gasteiger partial charge is 0.472 e. The van der Waals surface area contributed by atoms with Gasteiger partial charge in [-0.05, 0) is 18.2 Å². The zero-order chi connectivity index (χ0) is 23.8. The second-order valence-electron chi connectivity index (χ2n) is 8.78. The predicted octanol–water partition coefficient (Wildman–Crippen LogP) is 4.52. The molecule has 2 aromatic carbocycles. The van der Waals surface area contributed by atoms with Crippen molar-refractivity contribution in [2.45, 2.75) is 13.1 Å². The molecule has 8 heteroatoms. The van der Waals surface area contributed by atoms with Gasteiger partial charge in [-0.25, -0.2) is 4.98 Å². The fourth-order valence-corrected chi connectivity index (χ4v) is 5.56. The van der Waals surface area contributed by atoms with E-state index in [1.165, 1.54) is 16.2 Å². The highest BCUT2D eigenvalue weighted by Gasteiger charge is 2.39. The number of hydrogen-bond donors (Lipinski definition) is 0. The van der Waals surface area contributed by atoms with E-state index in [1.54, 1.807) is 18.6 Å². The van der Waals surface area contributed by atoms with Crippen molar-refractivity contribution in [1.29, 1.82) is 0 Å². The van der Waals surface area contributed by atoms with E-state index in [0.29, 0.717) is 11.1 Å². The fourth-order valence-electron chi connectivity index (χ4n) is 4.77. The summed E-state index contributed by atoms with van der Waals surface area (Å²) in [4.78, 5) is 37.3. The van der Waals surface area contributed by atoms with Crippen LogP contribution < -0.4 is 4.90 Å². The van der Waals surface area contributed by atoms with E-state index < -0.39 is 0 Å². The average Bonchev–Trinajstić information content (AvgIpc) is 3.64. The van der Waals surface area contributed by atoms with Crippen molar-refractivity contribution in [2.24, 2.45) is 0 Å². The highest BCUT2D eigenvalue weighted by Crippen LogP contribution is 2.34. The second kappa shape index (κ2) is 9.13. The summed E-state index contributed by atoms with van der Waals surface area (Å²) in [5.74, 6) is -0.486. The van der Waals surface area contributed by atoms with Crippen molar-refractivity contribution in [3.05, 3.63) is 94.2 Å². The number of benzene rings is 2. The number of piperazine rings is 1. The Morgan fingerprint density at radius 1 is 0.886 bits per heavy atom. The molecule has 4 heterocycles. The number of nitrogens with zero attached hydrogens (tertiary/aromatic N) is 4. The van der Waals surface area contributed by atoms with Gasteiger partial charge in [0.25, 0.3) is 11.8 Å². The van der Waals surface area contributed by atoms with Gasteiger partial charge in [0.1, 0.15) is 5.01 Å². The van der Waals surface area contributed by atoms with Crippen LogP contribution in [0.25, 0.3) is 11.3 Å². The molecule has 2 aromatic heterocycles. The van der Waals surface area contributed by atoms with Crippen LogP contribution in [0.3, 0.4) is 0 Å². The van der Waals surface area contributed by atoms with Crippen LogP contribution >= 0.6 is 11.3 Å². The number of aromatic nitrogens is 1. The molecule has 0 unspecified atom stereocenters. The number of rotatable bonds is 6. The molecule has 35 heavy (non-hydrogen) atoms.